The van der Waals surface area contributed by atoms with Gasteiger partial charge in [0.25, 0.3) is 0 Å². The Bertz CT molecular complexity index is 1450. The second kappa shape index (κ2) is 13.5. The van der Waals surface area contributed by atoms with Gasteiger partial charge >= 0.3 is 5.97 Å². The molecule has 0 radical (unpaired) electrons. The average molecular weight is 602 g/mol. The van der Waals surface area contributed by atoms with Gasteiger partial charge in [-0.2, -0.15) is 4.72 Å². The highest BCUT2D eigenvalue weighted by Crippen LogP contribution is 2.28. The van der Waals surface area contributed by atoms with Crippen molar-refractivity contribution in [2.24, 2.45) is 11.7 Å². The van der Waals surface area contributed by atoms with E-state index in [1.807, 2.05) is 13.0 Å². The molecule has 1 aliphatic carbocycles. The minimum Gasteiger partial charge on any atom is -0.465 e. The van der Waals surface area contributed by atoms with Crippen LogP contribution in [0.5, 0.6) is 0 Å². The van der Waals surface area contributed by atoms with Crippen molar-refractivity contribution in [3.63, 3.8) is 0 Å². The number of rotatable bonds is 12. The van der Waals surface area contributed by atoms with Gasteiger partial charge in [0.1, 0.15) is 17.5 Å². The number of ether oxygens (including phenoxy) is 1. The van der Waals surface area contributed by atoms with Gasteiger partial charge in [-0.1, -0.05) is 12.1 Å². The number of hydrogen-bond donors (Lipinski definition) is 4. The molecule has 2 heterocycles. The number of carbonyl (C=O) groups is 3. The van der Waals surface area contributed by atoms with Gasteiger partial charge in [-0.05, 0) is 63.1 Å². The van der Waals surface area contributed by atoms with Gasteiger partial charge in [0.2, 0.25) is 21.8 Å². The summed E-state index contributed by atoms with van der Waals surface area (Å²) in [4.78, 5) is 46.4. The SMILES string of the molecule is CCOC(=O)CN(C(=O)[C@H](CC(=O)NC[C@@H]1CCCN(C(=N)N)C1)NS(=O)(=O)c1cccc2cc(C)cnc12)C1CC1. The highest BCUT2D eigenvalue weighted by atomic mass is 32.2. The topological polar surface area (TPSA) is 188 Å². The molecule has 2 aromatic rings. The quantitative estimate of drug-likeness (QED) is 0.155. The third kappa shape index (κ3) is 7.94. The lowest BCUT2D eigenvalue weighted by molar-refractivity contribution is -0.150. The molecule has 2 fully saturated rings. The number of sulfonamides is 1. The van der Waals surface area contributed by atoms with Crippen molar-refractivity contribution in [3.05, 3.63) is 36.0 Å². The Hall–Kier alpha value is -3.78. The fourth-order valence-corrected chi connectivity index (χ4v) is 6.54. The third-order valence-electron chi connectivity index (χ3n) is 7.41. The number of esters is 1. The fourth-order valence-electron chi connectivity index (χ4n) is 5.18. The number of piperidine rings is 1. The standard InChI is InChI=1S/C28H39N7O6S/c1-3-41-25(37)17-35(21-9-10-21)27(38)22(13-24(36)31-15-19-6-5-11-34(16-19)28(29)30)33-42(39,40)23-8-4-7-20-12-18(2)14-32-26(20)23/h4,7-8,12,14,19,21-22,33H,3,5-6,9-11,13,15-17H2,1-2H3,(H3,29,30)(H,31,36)/t19-,22-/m0/s1. The summed E-state index contributed by atoms with van der Waals surface area (Å²) >= 11 is 0. The summed E-state index contributed by atoms with van der Waals surface area (Å²) in [5, 5.41) is 11.1. The molecule has 1 aromatic carbocycles. The van der Waals surface area contributed by atoms with Gasteiger partial charge in [-0.15, -0.1) is 0 Å². The number of carbonyl (C=O) groups excluding carboxylic acids is 3. The zero-order valence-electron chi connectivity index (χ0n) is 24.0. The van der Waals surface area contributed by atoms with Crippen molar-refractivity contribution < 1.29 is 27.5 Å². The number of fused-ring (bicyclic) bond motifs is 1. The van der Waals surface area contributed by atoms with Gasteiger partial charge in [-0.3, -0.25) is 24.8 Å². The molecule has 2 atom stereocenters. The van der Waals surface area contributed by atoms with Gasteiger partial charge in [-0.25, -0.2) is 8.42 Å². The number of nitrogens with two attached hydrogens (primary N) is 1. The number of nitrogens with one attached hydrogen (secondary N) is 3. The number of aromatic nitrogens is 1. The number of benzene rings is 1. The van der Waals surface area contributed by atoms with Crippen LogP contribution in [-0.4, -0.2) is 91.8 Å². The lowest BCUT2D eigenvalue weighted by Gasteiger charge is -2.33. The molecule has 4 rings (SSSR count). The molecule has 0 bridgehead atoms. The molecule has 1 aromatic heterocycles. The normalized spacial score (nSPS) is 17.9. The van der Waals surface area contributed by atoms with Crippen molar-refractivity contribution in [2.45, 2.75) is 62.9 Å². The first-order valence-electron chi connectivity index (χ1n) is 14.2. The van der Waals surface area contributed by atoms with E-state index in [0.29, 0.717) is 31.3 Å². The average Bonchev–Trinajstić information content (AvgIpc) is 3.79. The smallest absolute Gasteiger partial charge is 0.325 e. The molecule has 14 heteroatoms. The van der Waals surface area contributed by atoms with E-state index >= 15 is 0 Å². The lowest BCUT2D eigenvalue weighted by Crippen LogP contribution is -2.52. The Morgan fingerprint density at radius 1 is 1.26 bits per heavy atom. The maximum Gasteiger partial charge on any atom is 0.325 e. The highest BCUT2D eigenvalue weighted by Gasteiger charge is 2.40. The summed E-state index contributed by atoms with van der Waals surface area (Å²) in [6, 6.07) is 4.84. The minimum atomic E-state index is -4.32. The van der Waals surface area contributed by atoms with Crippen LogP contribution in [0.25, 0.3) is 10.9 Å². The first kappa shape index (κ1) is 31.2. The molecule has 1 aliphatic heterocycles. The fraction of sp³-hybridized carbons (Fsp3) is 0.536. The molecule has 1 saturated heterocycles. The van der Waals surface area contributed by atoms with Crippen LogP contribution in [0.1, 0.15) is 44.6 Å². The molecule has 0 unspecified atom stereocenters. The van der Waals surface area contributed by atoms with Crippen LogP contribution < -0.4 is 15.8 Å². The second-order valence-corrected chi connectivity index (χ2v) is 12.5. The summed E-state index contributed by atoms with van der Waals surface area (Å²) < 4.78 is 34.8. The van der Waals surface area contributed by atoms with Gasteiger partial charge in [0.15, 0.2) is 5.96 Å². The van der Waals surface area contributed by atoms with E-state index in [1.54, 1.807) is 30.2 Å². The molecular weight excluding hydrogens is 562 g/mol. The Balaban J connectivity index is 1.55. The van der Waals surface area contributed by atoms with E-state index in [4.69, 9.17) is 15.9 Å². The Labute approximate surface area is 245 Å². The number of likely N-dealkylation sites (tertiary alicyclic amines) is 1. The molecule has 228 valence electrons. The minimum absolute atomic E-state index is 0.0223. The number of para-hydroxylation sites is 1. The van der Waals surface area contributed by atoms with E-state index in [1.165, 1.54) is 11.0 Å². The number of amides is 2. The van der Waals surface area contributed by atoms with E-state index in [0.717, 1.165) is 18.4 Å². The van der Waals surface area contributed by atoms with Gasteiger partial charge in [0, 0.05) is 37.3 Å². The molecular formula is C28H39N7O6S. The van der Waals surface area contributed by atoms with E-state index < -0.39 is 40.3 Å². The van der Waals surface area contributed by atoms with Gasteiger partial charge in [0.05, 0.1) is 18.5 Å². The zero-order chi connectivity index (χ0) is 30.4. The molecule has 13 nitrogen and oxygen atoms in total. The first-order chi connectivity index (χ1) is 20.0. The number of aryl methyl sites for hydroxylation is 1. The summed E-state index contributed by atoms with van der Waals surface area (Å²) in [5.74, 6) is -1.77. The predicted octanol–water partition coefficient (Wildman–Crippen LogP) is 0.856. The Morgan fingerprint density at radius 3 is 2.71 bits per heavy atom. The molecule has 2 aliphatic rings. The van der Waals surface area contributed by atoms with Crippen LogP contribution in [0.3, 0.4) is 0 Å². The van der Waals surface area contributed by atoms with E-state index in [-0.39, 0.29) is 48.0 Å². The molecule has 1 saturated carbocycles. The second-order valence-electron chi connectivity index (χ2n) is 10.9. The Kier molecular flexibility index (Phi) is 9.99. The predicted molar refractivity (Wildman–Crippen MR) is 156 cm³/mol. The van der Waals surface area contributed by atoms with Crippen molar-refractivity contribution in [1.82, 2.24) is 24.8 Å². The largest absolute Gasteiger partial charge is 0.465 e. The number of hydrogen-bond acceptors (Lipinski definition) is 8. The Morgan fingerprint density at radius 2 is 2.02 bits per heavy atom. The summed E-state index contributed by atoms with van der Waals surface area (Å²) in [5.41, 5.74) is 6.72. The van der Waals surface area contributed by atoms with Crippen molar-refractivity contribution >= 4 is 44.7 Å². The zero-order valence-corrected chi connectivity index (χ0v) is 24.8. The van der Waals surface area contributed by atoms with Crippen molar-refractivity contribution in [1.29, 1.82) is 5.41 Å². The molecule has 5 N–H and O–H groups in total. The monoisotopic (exact) mass is 601 g/mol. The summed E-state index contributed by atoms with van der Waals surface area (Å²) in [6.45, 7) is 4.79. The van der Waals surface area contributed by atoms with Crippen LogP contribution in [0.15, 0.2) is 35.4 Å². The summed E-state index contributed by atoms with van der Waals surface area (Å²) in [6.07, 6.45) is 4.08. The lowest BCUT2D eigenvalue weighted by atomic mass is 9.98. The third-order valence-corrected chi connectivity index (χ3v) is 8.91. The number of nitrogens with zero attached hydrogens (tertiary/aromatic N) is 3. The van der Waals surface area contributed by atoms with Crippen molar-refractivity contribution in [2.75, 3.05) is 32.8 Å². The van der Waals surface area contributed by atoms with E-state index in [9.17, 15) is 22.8 Å². The maximum absolute atomic E-state index is 13.8. The van der Waals surface area contributed by atoms with Crippen LogP contribution >= 0.6 is 0 Å². The van der Waals surface area contributed by atoms with E-state index in [2.05, 4.69) is 15.0 Å². The molecule has 42 heavy (non-hydrogen) atoms. The molecule has 2 amide bonds. The van der Waals surface area contributed by atoms with Crippen LogP contribution in [0.2, 0.25) is 0 Å². The maximum atomic E-state index is 13.8. The molecule has 0 spiro atoms. The summed E-state index contributed by atoms with van der Waals surface area (Å²) in [7, 11) is -4.32. The van der Waals surface area contributed by atoms with Gasteiger partial charge < -0.3 is 25.6 Å². The number of pyridine rings is 1. The van der Waals surface area contributed by atoms with Crippen LogP contribution in [0.4, 0.5) is 0 Å². The van der Waals surface area contributed by atoms with Crippen LogP contribution in [0, 0.1) is 18.3 Å². The number of guanidine groups is 1. The van der Waals surface area contributed by atoms with Crippen molar-refractivity contribution in [3.8, 4) is 0 Å². The van der Waals surface area contributed by atoms with Crippen LogP contribution in [-0.2, 0) is 29.1 Å². The first-order valence-corrected chi connectivity index (χ1v) is 15.7. The highest BCUT2D eigenvalue weighted by molar-refractivity contribution is 7.89.